The van der Waals surface area contributed by atoms with Crippen LogP contribution in [0.25, 0.3) is 22.4 Å². The Morgan fingerprint density at radius 3 is 1.85 bits per heavy atom. The molecule has 6 heteroatoms. The zero-order chi connectivity index (χ0) is 14.9. The van der Waals surface area contributed by atoms with E-state index in [4.69, 9.17) is 0 Å². The van der Waals surface area contributed by atoms with Gasteiger partial charge in [-0.05, 0) is 10.8 Å². The van der Waals surface area contributed by atoms with Gasteiger partial charge in [-0.15, -0.1) is 0 Å². The summed E-state index contributed by atoms with van der Waals surface area (Å²) in [7, 11) is 0. The van der Waals surface area contributed by atoms with E-state index in [0.717, 1.165) is 6.07 Å². The van der Waals surface area contributed by atoms with E-state index in [1.807, 2.05) is 0 Å². The first-order valence-electron chi connectivity index (χ1n) is 5.37. The Labute approximate surface area is 109 Å². The molecule has 0 heterocycles. The number of benzene rings is 2. The molecule has 0 unspecified atom stereocenters. The van der Waals surface area contributed by atoms with E-state index in [0.29, 0.717) is 5.39 Å². The molecule has 0 aliphatic rings. The minimum absolute atomic E-state index is 0.0771. The lowest BCUT2D eigenvalue weighted by atomic mass is 9.97. The third kappa shape index (κ3) is 2.41. The highest BCUT2D eigenvalue weighted by Crippen LogP contribution is 2.37. The fraction of sp³-hybridized carbons (Fsp3) is 0. The van der Waals surface area contributed by atoms with E-state index in [9.17, 15) is 26.3 Å². The van der Waals surface area contributed by atoms with Gasteiger partial charge in [-0.25, -0.2) is 8.78 Å². The second kappa shape index (κ2) is 5.40. The first kappa shape index (κ1) is 14.2. The van der Waals surface area contributed by atoms with Gasteiger partial charge in [0.2, 0.25) is 0 Å². The maximum absolute atomic E-state index is 13.6. The van der Waals surface area contributed by atoms with Gasteiger partial charge in [0, 0.05) is 11.1 Å². The molecule has 0 N–H and O–H groups in total. The van der Waals surface area contributed by atoms with Gasteiger partial charge >= 0.3 is 12.2 Å². The van der Waals surface area contributed by atoms with Crippen molar-refractivity contribution in [3.63, 3.8) is 0 Å². The fourth-order valence-electron chi connectivity index (χ4n) is 1.89. The lowest BCUT2D eigenvalue weighted by Gasteiger charge is -2.09. The Morgan fingerprint density at radius 2 is 1.25 bits per heavy atom. The van der Waals surface area contributed by atoms with Crippen molar-refractivity contribution in [2.24, 2.45) is 0 Å². The van der Waals surface area contributed by atoms with Gasteiger partial charge in [0.25, 0.3) is 0 Å². The molecule has 2 aromatic carbocycles. The molecule has 0 radical (unpaired) electrons. The van der Waals surface area contributed by atoms with Crippen LogP contribution in [-0.4, -0.2) is 0 Å². The van der Waals surface area contributed by atoms with Crippen molar-refractivity contribution < 1.29 is 26.3 Å². The molecule has 0 atom stereocenters. The average molecular weight is 288 g/mol. The highest BCUT2D eigenvalue weighted by Gasteiger charge is 2.21. The smallest absolute Gasteiger partial charge is 0.200 e. The number of halogens is 6. The molecule has 2 aromatic rings. The van der Waals surface area contributed by atoms with Gasteiger partial charge in [0.15, 0.2) is 11.7 Å². The van der Waals surface area contributed by atoms with E-state index >= 15 is 0 Å². The van der Waals surface area contributed by atoms with Crippen molar-refractivity contribution in [1.29, 1.82) is 0 Å². The topological polar surface area (TPSA) is 0 Å². The molecule has 20 heavy (non-hydrogen) atoms. The Balaban J connectivity index is 2.94. The number of hydrogen-bond acceptors (Lipinski definition) is 0. The Kier molecular flexibility index (Phi) is 3.83. The monoisotopic (exact) mass is 288 g/mol. The molecule has 104 valence electrons. The van der Waals surface area contributed by atoms with Crippen LogP contribution in [0, 0.1) is 0 Å². The zero-order valence-electron chi connectivity index (χ0n) is 9.73. The molecule has 2 rings (SSSR count). The lowest BCUT2D eigenvalue weighted by molar-refractivity contribution is 0.407. The van der Waals surface area contributed by atoms with Crippen LogP contribution in [0.3, 0.4) is 0 Å². The van der Waals surface area contributed by atoms with Crippen LogP contribution >= 0.6 is 0 Å². The Hall–Kier alpha value is -2.24. The summed E-state index contributed by atoms with van der Waals surface area (Å²) in [5, 5.41) is 0.251. The molecule has 0 aliphatic heterocycles. The molecule has 0 spiro atoms. The average Bonchev–Trinajstić information content (AvgIpc) is 2.44. The normalized spacial score (nSPS) is 10.5. The van der Waals surface area contributed by atoms with Crippen LogP contribution in [-0.2, 0) is 0 Å². The van der Waals surface area contributed by atoms with Gasteiger partial charge in [0.1, 0.15) is 0 Å². The van der Waals surface area contributed by atoms with Gasteiger partial charge in [-0.1, -0.05) is 36.4 Å². The maximum Gasteiger partial charge on any atom is 0.306 e. The van der Waals surface area contributed by atoms with E-state index < -0.39 is 34.9 Å². The molecule has 0 amide bonds. The van der Waals surface area contributed by atoms with Crippen molar-refractivity contribution >= 4 is 22.4 Å². The van der Waals surface area contributed by atoms with E-state index in [2.05, 4.69) is 0 Å². The summed E-state index contributed by atoms with van der Waals surface area (Å²) in [5.41, 5.74) is -1.79. The highest BCUT2D eigenvalue weighted by atomic mass is 19.3. The third-order valence-electron chi connectivity index (χ3n) is 2.72. The molecule has 0 nitrogen and oxygen atoms in total. The van der Waals surface area contributed by atoms with Crippen LogP contribution in [0.1, 0.15) is 11.1 Å². The van der Waals surface area contributed by atoms with Crippen LogP contribution in [0.15, 0.2) is 48.6 Å². The van der Waals surface area contributed by atoms with Gasteiger partial charge < -0.3 is 0 Å². The van der Waals surface area contributed by atoms with Crippen molar-refractivity contribution in [3.05, 3.63) is 59.7 Å². The predicted molar refractivity (Wildman–Crippen MR) is 64.4 cm³/mol. The van der Waals surface area contributed by atoms with Gasteiger partial charge in [0.05, 0.1) is 0 Å². The van der Waals surface area contributed by atoms with E-state index in [1.54, 1.807) is 6.07 Å². The lowest BCUT2D eigenvalue weighted by Crippen LogP contribution is -1.92. The second-order valence-electron chi connectivity index (χ2n) is 3.86. The molecule has 0 saturated carbocycles. The molecular weight excluding hydrogens is 282 g/mol. The first-order valence-corrected chi connectivity index (χ1v) is 5.37. The molecule has 0 fully saturated rings. The van der Waals surface area contributed by atoms with Crippen LogP contribution in [0.4, 0.5) is 26.3 Å². The standard InChI is InChI=1S/C14H6F6/c15-11(13(17)18)9-6-5-7-3-1-2-4-8(7)10(9)12(16)14(19)20/h1-6H. The SMILES string of the molecule is FC(F)=C(F)c1ccc2ccccc2c1C(F)=C(F)F. The van der Waals surface area contributed by atoms with E-state index in [-0.39, 0.29) is 5.39 Å². The van der Waals surface area contributed by atoms with Crippen molar-refractivity contribution in [2.45, 2.75) is 0 Å². The molecule has 0 aliphatic carbocycles. The summed E-state index contributed by atoms with van der Waals surface area (Å²) >= 11 is 0. The number of hydrogen-bond donors (Lipinski definition) is 0. The van der Waals surface area contributed by atoms with Crippen molar-refractivity contribution in [2.75, 3.05) is 0 Å². The minimum Gasteiger partial charge on any atom is -0.200 e. The quantitative estimate of drug-likeness (QED) is 0.603. The van der Waals surface area contributed by atoms with Crippen molar-refractivity contribution in [3.8, 4) is 0 Å². The highest BCUT2D eigenvalue weighted by molar-refractivity contribution is 5.97. The molecule has 0 aromatic heterocycles. The first-order chi connectivity index (χ1) is 9.43. The van der Waals surface area contributed by atoms with Crippen LogP contribution < -0.4 is 0 Å². The maximum atomic E-state index is 13.6. The van der Waals surface area contributed by atoms with Gasteiger partial charge in [-0.3, -0.25) is 0 Å². The summed E-state index contributed by atoms with van der Waals surface area (Å²) in [6, 6.07) is 7.78. The van der Waals surface area contributed by atoms with Crippen LogP contribution in [0.2, 0.25) is 0 Å². The second-order valence-corrected chi connectivity index (χ2v) is 3.86. The summed E-state index contributed by atoms with van der Waals surface area (Å²) in [4.78, 5) is 0. The third-order valence-corrected chi connectivity index (χ3v) is 2.72. The number of fused-ring (bicyclic) bond motifs is 1. The summed E-state index contributed by atoms with van der Waals surface area (Å²) in [5.74, 6) is -4.05. The predicted octanol–water partition coefficient (Wildman–Crippen LogP) is 5.91. The Bertz CT molecular complexity index is 722. The minimum atomic E-state index is -2.70. The summed E-state index contributed by atoms with van der Waals surface area (Å²) < 4.78 is 76.5. The Morgan fingerprint density at radius 1 is 0.650 bits per heavy atom. The van der Waals surface area contributed by atoms with Gasteiger partial charge in [-0.2, -0.15) is 17.6 Å². The molecule has 0 bridgehead atoms. The molecule has 0 saturated heterocycles. The van der Waals surface area contributed by atoms with Crippen LogP contribution in [0.5, 0.6) is 0 Å². The largest absolute Gasteiger partial charge is 0.306 e. The molecular formula is C14H6F6. The van der Waals surface area contributed by atoms with Crippen molar-refractivity contribution in [1.82, 2.24) is 0 Å². The zero-order valence-corrected chi connectivity index (χ0v) is 9.73. The summed E-state index contributed by atoms with van der Waals surface area (Å²) in [6.45, 7) is 0. The van der Waals surface area contributed by atoms with E-state index in [1.165, 1.54) is 24.3 Å². The number of rotatable bonds is 2. The fourth-order valence-corrected chi connectivity index (χ4v) is 1.89. The summed E-state index contributed by atoms with van der Waals surface area (Å²) in [6.07, 6.45) is -5.40.